The van der Waals surface area contributed by atoms with Crippen molar-refractivity contribution in [3.63, 3.8) is 0 Å². The van der Waals surface area contributed by atoms with Crippen LogP contribution in [0.25, 0.3) is 0 Å². The van der Waals surface area contributed by atoms with Gasteiger partial charge in [0.25, 0.3) is 15.9 Å². The summed E-state index contributed by atoms with van der Waals surface area (Å²) in [5.74, 6) is 0.395. The van der Waals surface area contributed by atoms with Crippen LogP contribution in [-0.2, 0) is 10.0 Å². The first-order chi connectivity index (χ1) is 14.3. The third-order valence-electron chi connectivity index (χ3n) is 4.39. The maximum absolute atomic E-state index is 12.6. The zero-order chi connectivity index (χ0) is 21.6. The van der Waals surface area contributed by atoms with E-state index in [1.807, 2.05) is 38.1 Å². The molecule has 3 aromatic rings. The summed E-state index contributed by atoms with van der Waals surface area (Å²) in [5.41, 5.74) is 1.72. The van der Waals surface area contributed by atoms with E-state index < -0.39 is 10.0 Å². The minimum Gasteiger partial charge on any atom is -0.491 e. The van der Waals surface area contributed by atoms with E-state index in [2.05, 4.69) is 10.0 Å². The number of amides is 1. The van der Waals surface area contributed by atoms with Crippen molar-refractivity contribution in [2.75, 3.05) is 11.3 Å². The number of hydrogen-bond acceptors (Lipinski definition) is 4. The molecule has 0 fully saturated rings. The van der Waals surface area contributed by atoms with Gasteiger partial charge in [0.15, 0.2) is 0 Å². The SMILES string of the molecule is Cc1ccccc1OC[C@@H](C)NC(=O)c1cccc(S(=O)(=O)Nc2ccccc2)c1. The van der Waals surface area contributed by atoms with Crippen LogP contribution >= 0.6 is 0 Å². The van der Waals surface area contributed by atoms with E-state index in [0.29, 0.717) is 12.3 Å². The minimum atomic E-state index is -3.80. The number of nitrogens with one attached hydrogen (secondary N) is 2. The molecular formula is C23H24N2O4S. The molecule has 0 bridgehead atoms. The Morgan fingerprint density at radius 3 is 2.40 bits per heavy atom. The number of carbonyl (C=O) groups is 1. The molecule has 2 N–H and O–H groups in total. The Kier molecular flexibility index (Phi) is 6.74. The van der Waals surface area contributed by atoms with Crippen LogP contribution in [-0.4, -0.2) is 27.0 Å². The third-order valence-corrected chi connectivity index (χ3v) is 5.77. The normalized spacial score (nSPS) is 12.1. The van der Waals surface area contributed by atoms with Gasteiger partial charge in [0.1, 0.15) is 12.4 Å². The summed E-state index contributed by atoms with van der Waals surface area (Å²) >= 11 is 0. The fourth-order valence-corrected chi connectivity index (χ4v) is 3.91. The van der Waals surface area contributed by atoms with E-state index in [9.17, 15) is 13.2 Å². The summed E-state index contributed by atoms with van der Waals surface area (Å²) in [6, 6.07) is 21.9. The van der Waals surface area contributed by atoms with Crippen molar-refractivity contribution in [1.29, 1.82) is 0 Å². The van der Waals surface area contributed by atoms with Crippen molar-refractivity contribution in [3.8, 4) is 5.75 Å². The van der Waals surface area contributed by atoms with Gasteiger partial charge in [-0.1, -0.05) is 42.5 Å². The number of aryl methyl sites for hydroxylation is 1. The molecule has 1 amide bonds. The molecule has 0 radical (unpaired) electrons. The fraction of sp³-hybridized carbons (Fsp3) is 0.174. The van der Waals surface area contributed by atoms with Crippen molar-refractivity contribution in [1.82, 2.24) is 5.32 Å². The first-order valence-electron chi connectivity index (χ1n) is 9.52. The van der Waals surface area contributed by atoms with E-state index >= 15 is 0 Å². The van der Waals surface area contributed by atoms with Crippen LogP contribution in [0.15, 0.2) is 83.8 Å². The second kappa shape index (κ2) is 9.45. The average Bonchev–Trinajstić information content (AvgIpc) is 2.73. The molecule has 30 heavy (non-hydrogen) atoms. The van der Waals surface area contributed by atoms with Gasteiger partial charge in [-0.15, -0.1) is 0 Å². The molecule has 156 valence electrons. The van der Waals surface area contributed by atoms with Gasteiger partial charge < -0.3 is 10.1 Å². The van der Waals surface area contributed by atoms with E-state index in [4.69, 9.17) is 4.74 Å². The monoisotopic (exact) mass is 424 g/mol. The zero-order valence-corrected chi connectivity index (χ0v) is 17.6. The Balaban J connectivity index is 1.64. The molecular weight excluding hydrogens is 400 g/mol. The van der Waals surface area contributed by atoms with Crippen LogP contribution in [0, 0.1) is 6.92 Å². The maximum Gasteiger partial charge on any atom is 0.261 e. The maximum atomic E-state index is 12.6. The Labute approximate surface area is 177 Å². The summed E-state index contributed by atoms with van der Waals surface area (Å²) in [5, 5.41) is 2.84. The largest absolute Gasteiger partial charge is 0.491 e. The second-order valence-electron chi connectivity index (χ2n) is 6.95. The summed E-state index contributed by atoms with van der Waals surface area (Å²) in [6.07, 6.45) is 0. The van der Waals surface area contributed by atoms with Crippen molar-refractivity contribution in [2.24, 2.45) is 0 Å². The van der Waals surface area contributed by atoms with Crippen molar-refractivity contribution in [3.05, 3.63) is 90.0 Å². The van der Waals surface area contributed by atoms with Crippen LogP contribution in [0.4, 0.5) is 5.69 Å². The first kappa shape index (κ1) is 21.4. The highest BCUT2D eigenvalue weighted by Crippen LogP contribution is 2.18. The number of ether oxygens (including phenoxy) is 1. The summed E-state index contributed by atoms with van der Waals surface area (Å²) < 4.78 is 33.5. The molecule has 1 atom stereocenters. The molecule has 0 aliphatic carbocycles. The topological polar surface area (TPSA) is 84.5 Å². The van der Waals surface area contributed by atoms with Gasteiger partial charge >= 0.3 is 0 Å². The number of anilines is 1. The molecule has 6 nitrogen and oxygen atoms in total. The van der Waals surface area contributed by atoms with Gasteiger partial charge in [0.05, 0.1) is 10.9 Å². The van der Waals surface area contributed by atoms with E-state index in [1.165, 1.54) is 12.1 Å². The predicted molar refractivity (Wildman–Crippen MR) is 117 cm³/mol. The van der Waals surface area contributed by atoms with Crippen molar-refractivity contribution >= 4 is 21.6 Å². The summed E-state index contributed by atoms with van der Waals surface area (Å²) in [6.45, 7) is 4.08. The predicted octanol–water partition coefficient (Wildman–Crippen LogP) is 3.99. The fourth-order valence-electron chi connectivity index (χ4n) is 2.81. The lowest BCUT2D eigenvalue weighted by Crippen LogP contribution is -2.36. The van der Waals surface area contributed by atoms with E-state index in [0.717, 1.165) is 11.3 Å². The van der Waals surface area contributed by atoms with E-state index in [-0.39, 0.29) is 22.4 Å². The van der Waals surface area contributed by atoms with Gasteiger partial charge in [0, 0.05) is 11.3 Å². The molecule has 3 rings (SSSR count). The van der Waals surface area contributed by atoms with Crippen LogP contribution in [0.3, 0.4) is 0 Å². The Hall–Kier alpha value is -3.32. The molecule has 0 spiro atoms. The molecule has 0 aliphatic heterocycles. The Bertz CT molecular complexity index is 1110. The highest BCUT2D eigenvalue weighted by atomic mass is 32.2. The van der Waals surface area contributed by atoms with Crippen LogP contribution in [0.2, 0.25) is 0 Å². The standard InChI is InChI=1S/C23H24N2O4S/c1-17-9-6-7-14-22(17)29-16-18(2)24-23(26)19-10-8-13-21(15-19)30(27,28)25-20-11-4-3-5-12-20/h3-15,18,25H,16H2,1-2H3,(H,24,26)/t18-/m1/s1. The Morgan fingerprint density at radius 1 is 0.967 bits per heavy atom. The molecule has 0 saturated carbocycles. The van der Waals surface area contributed by atoms with Gasteiger partial charge in [-0.05, 0) is 55.8 Å². The summed E-state index contributed by atoms with van der Waals surface area (Å²) in [4.78, 5) is 12.6. The smallest absolute Gasteiger partial charge is 0.261 e. The number of rotatable bonds is 8. The van der Waals surface area contributed by atoms with Crippen LogP contribution in [0.5, 0.6) is 5.75 Å². The van der Waals surface area contributed by atoms with Crippen LogP contribution < -0.4 is 14.8 Å². The van der Waals surface area contributed by atoms with E-state index in [1.54, 1.807) is 42.5 Å². The lowest BCUT2D eigenvalue weighted by atomic mass is 10.2. The number of para-hydroxylation sites is 2. The number of carbonyl (C=O) groups excluding carboxylic acids is 1. The van der Waals surface area contributed by atoms with Crippen molar-refractivity contribution in [2.45, 2.75) is 24.8 Å². The van der Waals surface area contributed by atoms with Crippen molar-refractivity contribution < 1.29 is 17.9 Å². The lowest BCUT2D eigenvalue weighted by molar-refractivity contribution is 0.0926. The molecule has 0 unspecified atom stereocenters. The number of benzene rings is 3. The Morgan fingerprint density at radius 2 is 1.67 bits per heavy atom. The molecule has 3 aromatic carbocycles. The number of sulfonamides is 1. The van der Waals surface area contributed by atoms with Gasteiger partial charge in [-0.2, -0.15) is 0 Å². The molecule has 0 aliphatic rings. The minimum absolute atomic E-state index is 0.0165. The molecule has 7 heteroatoms. The third kappa shape index (κ3) is 5.61. The summed E-state index contributed by atoms with van der Waals surface area (Å²) in [7, 11) is -3.80. The zero-order valence-electron chi connectivity index (χ0n) is 16.8. The average molecular weight is 425 g/mol. The van der Waals surface area contributed by atoms with Crippen LogP contribution in [0.1, 0.15) is 22.8 Å². The molecule has 0 heterocycles. The molecule has 0 saturated heterocycles. The highest BCUT2D eigenvalue weighted by molar-refractivity contribution is 7.92. The molecule has 0 aromatic heterocycles. The quantitative estimate of drug-likeness (QED) is 0.573. The first-order valence-corrected chi connectivity index (χ1v) is 11.0. The van der Waals surface area contributed by atoms with Gasteiger partial charge in [0.2, 0.25) is 0 Å². The van der Waals surface area contributed by atoms with Gasteiger partial charge in [-0.3, -0.25) is 9.52 Å². The second-order valence-corrected chi connectivity index (χ2v) is 8.63. The van der Waals surface area contributed by atoms with Gasteiger partial charge in [-0.25, -0.2) is 8.42 Å². The number of hydrogen-bond donors (Lipinski definition) is 2. The lowest BCUT2D eigenvalue weighted by Gasteiger charge is -2.16. The highest BCUT2D eigenvalue weighted by Gasteiger charge is 2.17.